The number of benzene rings is 1. The molecule has 0 atom stereocenters. The van der Waals surface area contributed by atoms with Crippen LogP contribution in [0.2, 0.25) is 0 Å². The third-order valence-electron chi connectivity index (χ3n) is 4.95. The summed E-state index contributed by atoms with van der Waals surface area (Å²) in [5.74, 6) is -0.0526. The summed E-state index contributed by atoms with van der Waals surface area (Å²) in [6.45, 7) is 8.42. The van der Waals surface area contributed by atoms with Gasteiger partial charge in [-0.25, -0.2) is 0 Å². The van der Waals surface area contributed by atoms with Crippen molar-refractivity contribution in [1.29, 1.82) is 5.26 Å². The molecule has 130 valence electrons. The topological polar surface area (TPSA) is 52.3 Å². The van der Waals surface area contributed by atoms with Gasteiger partial charge in [-0.2, -0.15) is 5.26 Å². The van der Waals surface area contributed by atoms with Gasteiger partial charge in [0.25, 0.3) is 5.91 Å². The zero-order valence-corrected chi connectivity index (χ0v) is 14.9. The van der Waals surface area contributed by atoms with Crippen molar-refractivity contribution >= 4 is 5.91 Å². The van der Waals surface area contributed by atoms with Crippen LogP contribution in [0.1, 0.15) is 35.5 Å². The summed E-state index contributed by atoms with van der Waals surface area (Å²) in [6, 6.07) is 12.0. The number of carbonyl (C=O) groups excluding carboxylic acids is 1. The van der Waals surface area contributed by atoms with E-state index in [9.17, 15) is 10.1 Å². The average molecular weight is 336 g/mol. The lowest BCUT2D eigenvalue weighted by atomic mass is 10.1. The summed E-state index contributed by atoms with van der Waals surface area (Å²) in [5, 5.41) is 9.49. The highest BCUT2D eigenvalue weighted by molar-refractivity contribution is 5.96. The van der Waals surface area contributed by atoms with Gasteiger partial charge in [-0.1, -0.05) is 32.0 Å². The number of rotatable bonds is 4. The first-order valence-electron chi connectivity index (χ1n) is 8.91. The summed E-state index contributed by atoms with van der Waals surface area (Å²) in [4.78, 5) is 17.4. The molecule has 0 unspecified atom stereocenters. The van der Waals surface area contributed by atoms with Gasteiger partial charge >= 0.3 is 0 Å². The molecule has 2 heterocycles. The highest BCUT2D eigenvalue weighted by Gasteiger charge is 2.26. The molecule has 1 saturated heterocycles. The van der Waals surface area contributed by atoms with E-state index >= 15 is 0 Å². The van der Waals surface area contributed by atoms with Gasteiger partial charge in [-0.3, -0.25) is 4.79 Å². The number of para-hydroxylation sites is 1. The molecule has 5 heteroatoms. The van der Waals surface area contributed by atoms with Crippen molar-refractivity contribution in [2.45, 2.75) is 20.3 Å². The molecule has 1 aromatic carbocycles. The van der Waals surface area contributed by atoms with E-state index in [1.807, 2.05) is 33.9 Å². The summed E-state index contributed by atoms with van der Waals surface area (Å²) in [6.07, 6.45) is 2.71. The quantitative estimate of drug-likeness (QED) is 0.862. The average Bonchev–Trinajstić information content (AvgIpc) is 3.11. The van der Waals surface area contributed by atoms with E-state index in [0.29, 0.717) is 24.3 Å². The first kappa shape index (κ1) is 17.2. The van der Waals surface area contributed by atoms with E-state index in [2.05, 4.69) is 30.9 Å². The molecule has 1 amide bonds. The third-order valence-corrected chi connectivity index (χ3v) is 4.95. The Morgan fingerprint density at radius 2 is 1.84 bits per heavy atom. The number of carbonyl (C=O) groups is 1. The van der Waals surface area contributed by atoms with E-state index in [-0.39, 0.29) is 5.91 Å². The number of piperazine rings is 1. The molecule has 0 bridgehead atoms. The number of hydrogen-bond acceptors (Lipinski definition) is 3. The molecule has 0 N–H and O–H groups in total. The Kier molecular flexibility index (Phi) is 5.20. The highest BCUT2D eigenvalue weighted by atomic mass is 16.2. The summed E-state index contributed by atoms with van der Waals surface area (Å²) in [7, 11) is 0. The minimum absolute atomic E-state index is 0.0526. The molecule has 5 nitrogen and oxygen atoms in total. The van der Waals surface area contributed by atoms with Gasteiger partial charge in [0.1, 0.15) is 11.8 Å². The number of hydrogen-bond donors (Lipinski definition) is 0. The van der Waals surface area contributed by atoms with Gasteiger partial charge in [-0.15, -0.1) is 0 Å². The molecule has 1 aliphatic rings. The Labute approximate surface area is 149 Å². The van der Waals surface area contributed by atoms with Crippen molar-refractivity contribution in [3.63, 3.8) is 0 Å². The highest BCUT2D eigenvalue weighted by Crippen LogP contribution is 2.22. The first-order chi connectivity index (χ1) is 12.2. The summed E-state index contributed by atoms with van der Waals surface area (Å²) in [5.41, 5.74) is 3.05. The SMILES string of the molecule is CCc1ccccc1-n1ccc(C#N)c1C(=O)N1CCN(CC)CC1. The largest absolute Gasteiger partial charge is 0.335 e. The van der Waals surface area contributed by atoms with Crippen LogP contribution in [0.25, 0.3) is 5.69 Å². The van der Waals surface area contributed by atoms with Crippen molar-refractivity contribution in [2.75, 3.05) is 32.7 Å². The number of nitriles is 1. The molecule has 1 aromatic heterocycles. The Morgan fingerprint density at radius 1 is 1.12 bits per heavy atom. The number of nitrogens with zero attached hydrogens (tertiary/aromatic N) is 4. The van der Waals surface area contributed by atoms with E-state index < -0.39 is 0 Å². The molecule has 0 spiro atoms. The van der Waals surface area contributed by atoms with Crippen LogP contribution < -0.4 is 0 Å². The maximum Gasteiger partial charge on any atom is 0.272 e. The van der Waals surface area contributed by atoms with Crippen LogP contribution in [-0.2, 0) is 6.42 Å². The molecule has 0 saturated carbocycles. The number of amides is 1. The smallest absolute Gasteiger partial charge is 0.272 e. The molecule has 25 heavy (non-hydrogen) atoms. The zero-order valence-electron chi connectivity index (χ0n) is 14.9. The van der Waals surface area contributed by atoms with Crippen LogP contribution in [-0.4, -0.2) is 53.0 Å². The van der Waals surface area contributed by atoms with Crippen LogP contribution in [0.4, 0.5) is 0 Å². The third kappa shape index (κ3) is 3.31. The van der Waals surface area contributed by atoms with Gasteiger partial charge in [0.05, 0.1) is 5.56 Å². The monoisotopic (exact) mass is 336 g/mol. The van der Waals surface area contributed by atoms with Gasteiger partial charge in [-0.05, 0) is 30.7 Å². The van der Waals surface area contributed by atoms with Gasteiger partial charge in [0.2, 0.25) is 0 Å². The Balaban J connectivity index is 1.97. The minimum Gasteiger partial charge on any atom is -0.335 e. The predicted octanol–water partition coefficient (Wildman–Crippen LogP) is 2.69. The number of likely N-dealkylation sites (N-methyl/N-ethyl adjacent to an activating group) is 1. The number of aromatic nitrogens is 1. The Hall–Kier alpha value is -2.58. The fraction of sp³-hybridized carbons (Fsp3) is 0.400. The summed E-state index contributed by atoms with van der Waals surface area (Å²) < 4.78 is 1.88. The maximum absolute atomic E-state index is 13.2. The van der Waals surface area contributed by atoms with Crippen molar-refractivity contribution in [1.82, 2.24) is 14.4 Å². The normalized spacial score (nSPS) is 15.2. The van der Waals surface area contributed by atoms with Gasteiger partial charge in [0, 0.05) is 38.1 Å². The molecular weight excluding hydrogens is 312 g/mol. The van der Waals surface area contributed by atoms with E-state index in [1.165, 1.54) is 0 Å². The van der Waals surface area contributed by atoms with Crippen LogP contribution in [0.3, 0.4) is 0 Å². The molecule has 0 aliphatic carbocycles. The van der Waals surface area contributed by atoms with Crippen LogP contribution in [0.5, 0.6) is 0 Å². The van der Waals surface area contributed by atoms with E-state index in [4.69, 9.17) is 0 Å². The zero-order chi connectivity index (χ0) is 17.8. The van der Waals surface area contributed by atoms with Crippen LogP contribution >= 0.6 is 0 Å². The summed E-state index contributed by atoms with van der Waals surface area (Å²) >= 11 is 0. The lowest BCUT2D eigenvalue weighted by Gasteiger charge is -2.34. The second-order valence-corrected chi connectivity index (χ2v) is 6.27. The lowest BCUT2D eigenvalue weighted by molar-refractivity contribution is 0.0635. The van der Waals surface area contributed by atoms with E-state index in [1.54, 1.807) is 6.07 Å². The Bertz CT molecular complexity index is 794. The van der Waals surface area contributed by atoms with Crippen LogP contribution in [0, 0.1) is 11.3 Å². The molecule has 1 aliphatic heterocycles. The molecular formula is C20H24N4O. The Morgan fingerprint density at radius 3 is 2.48 bits per heavy atom. The van der Waals surface area contributed by atoms with Crippen LogP contribution in [0.15, 0.2) is 36.5 Å². The van der Waals surface area contributed by atoms with E-state index in [0.717, 1.165) is 37.3 Å². The second kappa shape index (κ2) is 7.54. The standard InChI is InChI=1S/C20H24N4O/c1-3-16-7-5-6-8-18(16)24-10-9-17(15-21)19(24)20(25)23-13-11-22(4-2)12-14-23/h5-10H,3-4,11-14H2,1-2H3. The lowest BCUT2D eigenvalue weighted by Crippen LogP contribution is -2.48. The number of aryl methyl sites for hydroxylation is 1. The molecule has 2 aromatic rings. The molecule has 0 radical (unpaired) electrons. The fourth-order valence-electron chi connectivity index (χ4n) is 3.40. The van der Waals surface area contributed by atoms with Gasteiger partial charge < -0.3 is 14.4 Å². The minimum atomic E-state index is -0.0526. The molecule has 1 fully saturated rings. The van der Waals surface area contributed by atoms with Crippen molar-refractivity contribution < 1.29 is 4.79 Å². The van der Waals surface area contributed by atoms with Gasteiger partial charge in [0.15, 0.2) is 0 Å². The second-order valence-electron chi connectivity index (χ2n) is 6.27. The first-order valence-corrected chi connectivity index (χ1v) is 8.91. The maximum atomic E-state index is 13.2. The fourth-order valence-corrected chi connectivity index (χ4v) is 3.40. The predicted molar refractivity (Wildman–Crippen MR) is 97.9 cm³/mol. The van der Waals surface area contributed by atoms with Crippen molar-refractivity contribution in [3.05, 3.63) is 53.3 Å². The van der Waals surface area contributed by atoms with Crippen molar-refractivity contribution in [2.24, 2.45) is 0 Å². The van der Waals surface area contributed by atoms with Crippen molar-refractivity contribution in [3.8, 4) is 11.8 Å². The molecule has 3 rings (SSSR count).